The van der Waals surface area contributed by atoms with E-state index in [1.807, 2.05) is 0 Å². The lowest BCUT2D eigenvalue weighted by atomic mass is 9.96. The third kappa shape index (κ3) is 2.07. The van der Waals surface area contributed by atoms with Gasteiger partial charge in [-0.25, -0.2) is 0 Å². The van der Waals surface area contributed by atoms with Crippen LogP contribution < -0.4 is 10.1 Å². The smallest absolute Gasteiger partial charge is 0.122 e. The third-order valence-electron chi connectivity index (χ3n) is 3.65. The quantitative estimate of drug-likeness (QED) is 0.820. The van der Waals surface area contributed by atoms with Gasteiger partial charge in [0.15, 0.2) is 0 Å². The molecule has 1 aromatic rings. The first-order valence-electron chi connectivity index (χ1n) is 6.40. The van der Waals surface area contributed by atoms with Gasteiger partial charge in [0.2, 0.25) is 0 Å². The monoisotopic (exact) mass is 217 g/mol. The third-order valence-corrected chi connectivity index (χ3v) is 3.65. The summed E-state index contributed by atoms with van der Waals surface area (Å²) in [5, 5.41) is 3.60. The van der Waals surface area contributed by atoms with E-state index in [2.05, 4.69) is 23.5 Å². The maximum Gasteiger partial charge on any atom is 0.122 e. The van der Waals surface area contributed by atoms with Gasteiger partial charge in [-0.2, -0.15) is 0 Å². The highest BCUT2D eigenvalue weighted by atomic mass is 16.5. The SMILES string of the molecule is c1cc2c(cc1CC1CCCCN1)CCO2. The molecule has 0 saturated carbocycles. The zero-order chi connectivity index (χ0) is 10.8. The number of benzene rings is 1. The van der Waals surface area contributed by atoms with Crippen LogP contribution in [0, 0.1) is 0 Å². The van der Waals surface area contributed by atoms with Gasteiger partial charge >= 0.3 is 0 Å². The van der Waals surface area contributed by atoms with Crippen LogP contribution in [0.1, 0.15) is 30.4 Å². The average Bonchev–Trinajstić information content (AvgIpc) is 2.77. The normalized spacial score (nSPS) is 23.9. The van der Waals surface area contributed by atoms with E-state index in [1.54, 1.807) is 0 Å². The van der Waals surface area contributed by atoms with E-state index in [9.17, 15) is 0 Å². The molecule has 86 valence electrons. The topological polar surface area (TPSA) is 21.3 Å². The first-order chi connectivity index (χ1) is 7.92. The Morgan fingerprint density at radius 3 is 3.19 bits per heavy atom. The first kappa shape index (κ1) is 10.2. The van der Waals surface area contributed by atoms with Gasteiger partial charge in [0.1, 0.15) is 5.75 Å². The second-order valence-corrected chi connectivity index (χ2v) is 4.89. The predicted octanol–water partition coefficient (Wildman–Crippen LogP) is 2.31. The van der Waals surface area contributed by atoms with E-state index in [0.29, 0.717) is 6.04 Å². The number of hydrogen-bond donors (Lipinski definition) is 1. The lowest BCUT2D eigenvalue weighted by Crippen LogP contribution is -2.35. The Bertz CT molecular complexity index is 369. The molecule has 2 aliphatic rings. The Kier molecular flexibility index (Phi) is 2.83. The van der Waals surface area contributed by atoms with Crippen LogP contribution in [0.2, 0.25) is 0 Å². The molecule has 0 amide bonds. The van der Waals surface area contributed by atoms with E-state index in [0.717, 1.165) is 18.8 Å². The molecule has 1 saturated heterocycles. The van der Waals surface area contributed by atoms with Crippen molar-refractivity contribution in [1.29, 1.82) is 0 Å². The van der Waals surface area contributed by atoms with E-state index in [4.69, 9.17) is 4.74 Å². The zero-order valence-corrected chi connectivity index (χ0v) is 9.67. The molecule has 2 heterocycles. The lowest BCUT2D eigenvalue weighted by Gasteiger charge is -2.23. The van der Waals surface area contributed by atoms with E-state index >= 15 is 0 Å². The molecule has 2 nitrogen and oxygen atoms in total. The average molecular weight is 217 g/mol. The Balaban J connectivity index is 1.69. The van der Waals surface area contributed by atoms with E-state index in [1.165, 1.54) is 43.4 Å². The number of hydrogen-bond acceptors (Lipinski definition) is 2. The molecule has 2 heteroatoms. The molecule has 1 aromatic carbocycles. The minimum Gasteiger partial charge on any atom is -0.493 e. The Morgan fingerprint density at radius 1 is 1.31 bits per heavy atom. The standard InChI is InChI=1S/C14H19NO/c1-2-7-15-13(3-1)10-11-4-5-14-12(9-11)6-8-16-14/h4-5,9,13,15H,1-3,6-8,10H2. The van der Waals surface area contributed by atoms with Crippen molar-refractivity contribution in [1.82, 2.24) is 5.32 Å². The van der Waals surface area contributed by atoms with Crippen molar-refractivity contribution >= 4 is 0 Å². The van der Waals surface area contributed by atoms with Crippen molar-refractivity contribution in [3.63, 3.8) is 0 Å². The van der Waals surface area contributed by atoms with Crippen LogP contribution in [0.3, 0.4) is 0 Å². The van der Waals surface area contributed by atoms with Crippen LogP contribution in [0.15, 0.2) is 18.2 Å². The van der Waals surface area contributed by atoms with Gasteiger partial charge in [-0.15, -0.1) is 0 Å². The lowest BCUT2D eigenvalue weighted by molar-refractivity contribution is 0.356. The summed E-state index contributed by atoms with van der Waals surface area (Å²) in [5.41, 5.74) is 2.86. The highest BCUT2D eigenvalue weighted by Gasteiger charge is 2.16. The van der Waals surface area contributed by atoms with Crippen molar-refractivity contribution in [3.8, 4) is 5.75 Å². The molecule has 1 atom stereocenters. The highest BCUT2D eigenvalue weighted by Crippen LogP contribution is 2.26. The molecule has 0 spiro atoms. The minimum atomic E-state index is 0.689. The summed E-state index contributed by atoms with van der Waals surface area (Å²) in [4.78, 5) is 0. The summed E-state index contributed by atoms with van der Waals surface area (Å²) in [5.74, 6) is 1.10. The second-order valence-electron chi connectivity index (χ2n) is 4.89. The van der Waals surface area contributed by atoms with Crippen LogP contribution in [0.25, 0.3) is 0 Å². The molecule has 1 unspecified atom stereocenters. The molecule has 0 aromatic heterocycles. The number of fused-ring (bicyclic) bond motifs is 1. The molecule has 16 heavy (non-hydrogen) atoms. The van der Waals surface area contributed by atoms with Crippen LogP contribution in [-0.2, 0) is 12.8 Å². The first-order valence-corrected chi connectivity index (χ1v) is 6.40. The van der Waals surface area contributed by atoms with Crippen molar-refractivity contribution < 1.29 is 4.74 Å². The highest BCUT2D eigenvalue weighted by molar-refractivity contribution is 5.40. The summed E-state index contributed by atoms with van der Waals surface area (Å²) in [6, 6.07) is 7.38. The number of rotatable bonds is 2. The van der Waals surface area contributed by atoms with Gasteiger partial charge < -0.3 is 10.1 Å². The van der Waals surface area contributed by atoms with Gasteiger partial charge in [0, 0.05) is 12.5 Å². The number of ether oxygens (including phenoxy) is 1. The van der Waals surface area contributed by atoms with Gasteiger partial charge in [-0.05, 0) is 43.0 Å². The molecule has 0 radical (unpaired) electrons. The van der Waals surface area contributed by atoms with Crippen LogP contribution >= 0.6 is 0 Å². The van der Waals surface area contributed by atoms with Crippen LogP contribution in [-0.4, -0.2) is 19.2 Å². The Morgan fingerprint density at radius 2 is 2.31 bits per heavy atom. The molecule has 1 N–H and O–H groups in total. The van der Waals surface area contributed by atoms with Crippen molar-refractivity contribution in [2.45, 2.75) is 38.1 Å². The van der Waals surface area contributed by atoms with Gasteiger partial charge in [0.25, 0.3) is 0 Å². The molecule has 2 aliphatic heterocycles. The Labute approximate surface area is 97.0 Å². The fourth-order valence-electron chi connectivity index (χ4n) is 2.75. The molecular formula is C14H19NO. The van der Waals surface area contributed by atoms with Gasteiger partial charge in [0.05, 0.1) is 6.61 Å². The van der Waals surface area contributed by atoms with Gasteiger partial charge in [-0.3, -0.25) is 0 Å². The molecule has 0 bridgehead atoms. The maximum atomic E-state index is 5.53. The Hall–Kier alpha value is -1.02. The van der Waals surface area contributed by atoms with Crippen LogP contribution in [0.5, 0.6) is 5.75 Å². The predicted molar refractivity (Wildman–Crippen MR) is 65.0 cm³/mol. The second kappa shape index (κ2) is 4.46. The summed E-state index contributed by atoms with van der Waals surface area (Å²) in [6.45, 7) is 2.05. The largest absolute Gasteiger partial charge is 0.493 e. The maximum absolute atomic E-state index is 5.53. The van der Waals surface area contributed by atoms with Crippen molar-refractivity contribution in [2.24, 2.45) is 0 Å². The fraction of sp³-hybridized carbons (Fsp3) is 0.571. The number of piperidine rings is 1. The molecule has 1 fully saturated rings. The van der Waals surface area contributed by atoms with Gasteiger partial charge in [-0.1, -0.05) is 18.6 Å². The number of nitrogens with one attached hydrogen (secondary N) is 1. The van der Waals surface area contributed by atoms with E-state index in [-0.39, 0.29) is 0 Å². The summed E-state index contributed by atoms with van der Waals surface area (Å²) in [6.07, 6.45) is 6.31. The minimum absolute atomic E-state index is 0.689. The van der Waals surface area contributed by atoms with E-state index < -0.39 is 0 Å². The molecule has 0 aliphatic carbocycles. The van der Waals surface area contributed by atoms with Crippen LogP contribution in [0.4, 0.5) is 0 Å². The zero-order valence-electron chi connectivity index (χ0n) is 9.67. The summed E-state index contributed by atoms with van der Waals surface area (Å²) in [7, 11) is 0. The summed E-state index contributed by atoms with van der Waals surface area (Å²) < 4.78 is 5.53. The molecule has 3 rings (SSSR count). The molecular weight excluding hydrogens is 198 g/mol. The summed E-state index contributed by atoms with van der Waals surface area (Å²) >= 11 is 0. The van der Waals surface area contributed by atoms with Crippen molar-refractivity contribution in [2.75, 3.05) is 13.2 Å². The van der Waals surface area contributed by atoms with Crippen molar-refractivity contribution in [3.05, 3.63) is 29.3 Å². The fourth-order valence-corrected chi connectivity index (χ4v) is 2.75.